The largest absolute Gasteiger partial charge is 0.384 e. The Bertz CT molecular complexity index is 573. The van der Waals surface area contributed by atoms with Gasteiger partial charge >= 0.3 is 0 Å². The molecule has 0 unspecified atom stereocenters. The van der Waals surface area contributed by atoms with Gasteiger partial charge in [-0.25, -0.2) is 0 Å². The molecule has 2 N–H and O–H groups in total. The SMILES string of the molecule is CCCc1c(-c2cccc(C)c2I)nn(C)c1N. The summed E-state index contributed by atoms with van der Waals surface area (Å²) in [6.07, 6.45) is 2.05. The minimum Gasteiger partial charge on any atom is -0.384 e. The Labute approximate surface area is 122 Å². The molecule has 0 saturated heterocycles. The Kier molecular flexibility index (Phi) is 3.94. The van der Waals surface area contributed by atoms with E-state index in [1.165, 1.54) is 20.3 Å². The highest BCUT2D eigenvalue weighted by Gasteiger charge is 2.17. The Hall–Kier alpha value is -1.04. The van der Waals surface area contributed by atoms with Gasteiger partial charge in [-0.3, -0.25) is 4.68 Å². The van der Waals surface area contributed by atoms with Crippen molar-refractivity contribution in [3.8, 4) is 11.3 Å². The first-order valence-corrected chi connectivity index (χ1v) is 7.21. The van der Waals surface area contributed by atoms with E-state index in [-0.39, 0.29) is 0 Å². The molecule has 0 radical (unpaired) electrons. The van der Waals surface area contributed by atoms with Crippen LogP contribution >= 0.6 is 22.6 Å². The second kappa shape index (κ2) is 5.30. The molecule has 18 heavy (non-hydrogen) atoms. The van der Waals surface area contributed by atoms with Crippen LogP contribution in [0.25, 0.3) is 11.3 Å². The number of aromatic nitrogens is 2. The highest BCUT2D eigenvalue weighted by Crippen LogP contribution is 2.32. The minimum atomic E-state index is 0.782. The van der Waals surface area contributed by atoms with E-state index in [0.717, 1.165) is 24.4 Å². The third-order valence-electron chi connectivity index (χ3n) is 3.14. The van der Waals surface area contributed by atoms with E-state index in [1.807, 2.05) is 7.05 Å². The van der Waals surface area contributed by atoms with Crippen molar-refractivity contribution < 1.29 is 0 Å². The molecular formula is C14H18IN3. The Morgan fingerprint density at radius 2 is 2.11 bits per heavy atom. The second-order valence-electron chi connectivity index (χ2n) is 4.52. The molecule has 2 rings (SSSR count). The van der Waals surface area contributed by atoms with Gasteiger partial charge in [0.05, 0.1) is 5.69 Å². The van der Waals surface area contributed by atoms with E-state index in [4.69, 9.17) is 5.73 Å². The number of nitrogen functional groups attached to an aromatic ring is 1. The van der Waals surface area contributed by atoms with Crippen LogP contribution in [0.5, 0.6) is 0 Å². The summed E-state index contributed by atoms with van der Waals surface area (Å²) in [7, 11) is 1.90. The number of nitrogens with two attached hydrogens (primary N) is 1. The maximum absolute atomic E-state index is 6.11. The van der Waals surface area contributed by atoms with Crippen molar-refractivity contribution in [3.63, 3.8) is 0 Å². The lowest BCUT2D eigenvalue weighted by atomic mass is 10.0. The fraction of sp³-hybridized carbons (Fsp3) is 0.357. The third kappa shape index (κ3) is 2.25. The molecule has 0 aliphatic carbocycles. The molecule has 96 valence electrons. The predicted molar refractivity (Wildman–Crippen MR) is 84.5 cm³/mol. The molecule has 0 aliphatic heterocycles. The molecule has 1 aromatic heterocycles. The molecule has 0 spiro atoms. The minimum absolute atomic E-state index is 0.782. The number of benzene rings is 1. The highest BCUT2D eigenvalue weighted by atomic mass is 127. The zero-order chi connectivity index (χ0) is 13.3. The molecule has 0 bridgehead atoms. The number of anilines is 1. The van der Waals surface area contributed by atoms with Gasteiger partial charge in [-0.15, -0.1) is 0 Å². The lowest BCUT2D eigenvalue weighted by Gasteiger charge is -2.07. The number of aryl methyl sites for hydroxylation is 2. The lowest BCUT2D eigenvalue weighted by molar-refractivity contribution is 0.781. The summed E-state index contributed by atoms with van der Waals surface area (Å²) in [4.78, 5) is 0. The van der Waals surface area contributed by atoms with Gasteiger partial charge in [0.1, 0.15) is 5.82 Å². The van der Waals surface area contributed by atoms with Crippen LogP contribution in [-0.2, 0) is 13.5 Å². The van der Waals surface area contributed by atoms with Crippen molar-refractivity contribution in [2.24, 2.45) is 7.05 Å². The number of rotatable bonds is 3. The van der Waals surface area contributed by atoms with Crippen LogP contribution in [0.2, 0.25) is 0 Å². The zero-order valence-electron chi connectivity index (χ0n) is 11.0. The summed E-state index contributed by atoms with van der Waals surface area (Å²) in [5.41, 5.74) is 10.8. The molecule has 0 atom stereocenters. The molecule has 0 aliphatic rings. The van der Waals surface area contributed by atoms with E-state index in [1.54, 1.807) is 4.68 Å². The summed E-state index contributed by atoms with van der Waals surface area (Å²) < 4.78 is 3.03. The van der Waals surface area contributed by atoms with Crippen LogP contribution in [0, 0.1) is 10.5 Å². The highest BCUT2D eigenvalue weighted by molar-refractivity contribution is 14.1. The van der Waals surface area contributed by atoms with Gasteiger partial charge < -0.3 is 5.73 Å². The van der Waals surface area contributed by atoms with Crippen LogP contribution in [0.4, 0.5) is 5.82 Å². The smallest absolute Gasteiger partial charge is 0.125 e. The molecule has 1 aromatic carbocycles. The average Bonchev–Trinajstić information content (AvgIpc) is 2.61. The van der Waals surface area contributed by atoms with Crippen molar-refractivity contribution >= 4 is 28.4 Å². The van der Waals surface area contributed by atoms with Gasteiger partial charge in [-0.05, 0) is 41.5 Å². The van der Waals surface area contributed by atoms with Crippen molar-refractivity contribution in [2.45, 2.75) is 26.7 Å². The summed E-state index contributed by atoms with van der Waals surface area (Å²) >= 11 is 2.38. The van der Waals surface area contributed by atoms with Gasteiger partial charge in [0, 0.05) is 21.7 Å². The van der Waals surface area contributed by atoms with Crippen molar-refractivity contribution in [3.05, 3.63) is 32.9 Å². The molecule has 3 nitrogen and oxygen atoms in total. The number of hydrogen-bond donors (Lipinski definition) is 1. The first kappa shape index (κ1) is 13.4. The van der Waals surface area contributed by atoms with E-state index in [2.05, 4.69) is 59.7 Å². The molecule has 0 fully saturated rings. The number of halogens is 1. The second-order valence-corrected chi connectivity index (χ2v) is 5.60. The summed E-state index contributed by atoms with van der Waals surface area (Å²) in [6.45, 7) is 4.29. The van der Waals surface area contributed by atoms with Crippen LogP contribution in [0.3, 0.4) is 0 Å². The molecule has 0 amide bonds. The summed E-state index contributed by atoms with van der Waals surface area (Å²) in [6, 6.07) is 6.32. The maximum Gasteiger partial charge on any atom is 0.125 e. The zero-order valence-corrected chi connectivity index (χ0v) is 13.2. The number of nitrogens with zero attached hydrogens (tertiary/aromatic N) is 2. The Balaban J connectivity index is 2.63. The molecule has 2 aromatic rings. The van der Waals surface area contributed by atoms with Gasteiger partial charge in [0.25, 0.3) is 0 Å². The fourth-order valence-corrected chi connectivity index (χ4v) is 2.74. The maximum atomic E-state index is 6.11. The van der Waals surface area contributed by atoms with Crippen molar-refractivity contribution in [1.29, 1.82) is 0 Å². The van der Waals surface area contributed by atoms with Gasteiger partial charge in [0.2, 0.25) is 0 Å². The van der Waals surface area contributed by atoms with Gasteiger partial charge in [-0.1, -0.05) is 31.5 Å². The lowest BCUT2D eigenvalue weighted by Crippen LogP contribution is -1.99. The normalized spacial score (nSPS) is 10.9. The Morgan fingerprint density at radius 1 is 1.39 bits per heavy atom. The summed E-state index contributed by atoms with van der Waals surface area (Å²) in [5, 5.41) is 4.59. The van der Waals surface area contributed by atoms with Gasteiger partial charge in [-0.2, -0.15) is 5.10 Å². The molecular weight excluding hydrogens is 337 g/mol. The van der Waals surface area contributed by atoms with Gasteiger partial charge in [0.15, 0.2) is 0 Å². The fourth-order valence-electron chi connectivity index (χ4n) is 2.12. The quantitative estimate of drug-likeness (QED) is 0.856. The van der Waals surface area contributed by atoms with E-state index in [0.29, 0.717) is 0 Å². The average molecular weight is 355 g/mol. The molecule has 1 heterocycles. The van der Waals surface area contributed by atoms with Crippen molar-refractivity contribution in [1.82, 2.24) is 9.78 Å². The molecule has 4 heteroatoms. The van der Waals surface area contributed by atoms with E-state index < -0.39 is 0 Å². The van der Waals surface area contributed by atoms with Crippen LogP contribution in [-0.4, -0.2) is 9.78 Å². The Morgan fingerprint density at radius 3 is 2.78 bits per heavy atom. The third-order valence-corrected chi connectivity index (χ3v) is 4.57. The van der Waals surface area contributed by atoms with Crippen LogP contribution in [0.1, 0.15) is 24.5 Å². The first-order chi connectivity index (χ1) is 8.56. The van der Waals surface area contributed by atoms with E-state index >= 15 is 0 Å². The standard InChI is InChI=1S/C14H18IN3/c1-4-6-11-13(17-18(3)14(11)16)10-8-5-7-9(2)12(10)15/h5,7-8H,4,6,16H2,1-3H3. The summed E-state index contributed by atoms with van der Waals surface area (Å²) in [5.74, 6) is 0.782. The van der Waals surface area contributed by atoms with Crippen LogP contribution < -0.4 is 5.73 Å². The predicted octanol–water partition coefficient (Wildman–Crippen LogP) is 3.53. The van der Waals surface area contributed by atoms with Crippen molar-refractivity contribution in [2.75, 3.05) is 5.73 Å². The van der Waals surface area contributed by atoms with E-state index in [9.17, 15) is 0 Å². The first-order valence-electron chi connectivity index (χ1n) is 6.13. The molecule has 0 saturated carbocycles. The monoisotopic (exact) mass is 355 g/mol. The topological polar surface area (TPSA) is 43.8 Å². The van der Waals surface area contributed by atoms with Crippen LogP contribution in [0.15, 0.2) is 18.2 Å². The number of hydrogen-bond acceptors (Lipinski definition) is 2.